The Kier molecular flexibility index (Phi) is 66.7. The Morgan fingerprint density at radius 1 is 0.256 bits per heavy atom. The van der Waals surface area contributed by atoms with Crippen molar-refractivity contribution in [2.45, 2.75) is 354 Å². The summed E-state index contributed by atoms with van der Waals surface area (Å²) in [6.45, 7) is 6.54. The van der Waals surface area contributed by atoms with Crippen LogP contribution in [0.5, 0.6) is 0 Å². The molecule has 0 N–H and O–H groups in total. The van der Waals surface area contributed by atoms with E-state index < -0.39 is 6.10 Å². The minimum Gasteiger partial charge on any atom is -0.462 e. The molecule has 1 unspecified atom stereocenters. The molecule has 0 spiro atoms. The lowest BCUT2D eigenvalue weighted by Gasteiger charge is -2.18. The SMILES string of the molecule is CC/C=C\C/C=C\C/C=C\C/C=C\C/C=C\C/C=C\CCCCCCC(=O)OCC(COC(=O)CCCCCCCCC/C=C\CCCCCCCCC)OC(=O)CCCCCCCCCCCCC/C=C\CCCCCCCCCC. The molecule has 0 rings (SSSR count). The van der Waals surface area contributed by atoms with Crippen molar-refractivity contribution in [3.05, 3.63) is 97.2 Å². The maximum atomic E-state index is 13.0. The Morgan fingerprint density at radius 2 is 0.476 bits per heavy atom. The van der Waals surface area contributed by atoms with Crippen molar-refractivity contribution in [2.24, 2.45) is 0 Å². The summed E-state index contributed by atoms with van der Waals surface area (Å²) in [5, 5.41) is 0. The van der Waals surface area contributed by atoms with Gasteiger partial charge in [0, 0.05) is 19.3 Å². The van der Waals surface area contributed by atoms with E-state index in [1.54, 1.807) is 0 Å². The lowest BCUT2D eigenvalue weighted by atomic mass is 10.0. The van der Waals surface area contributed by atoms with Gasteiger partial charge >= 0.3 is 17.9 Å². The molecule has 0 aliphatic carbocycles. The first-order valence-corrected chi connectivity index (χ1v) is 35.2. The van der Waals surface area contributed by atoms with Crippen molar-refractivity contribution >= 4 is 17.9 Å². The predicted octanol–water partition coefficient (Wildman–Crippen LogP) is 24.4. The van der Waals surface area contributed by atoms with Crippen molar-refractivity contribution in [1.29, 1.82) is 0 Å². The Hall–Kier alpha value is -3.67. The molecular formula is C76H132O6. The third-order valence-electron chi connectivity index (χ3n) is 15.3. The van der Waals surface area contributed by atoms with E-state index in [4.69, 9.17) is 14.2 Å². The van der Waals surface area contributed by atoms with Crippen molar-refractivity contribution in [1.82, 2.24) is 0 Å². The van der Waals surface area contributed by atoms with E-state index in [9.17, 15) is 14.4 Å². The van der Waals surface area contributed by atoms with Gasteiger partial charge in [-0.15, -0.1) is 0 Å². The number of ether oxygens (including phenoxy) is 3. The molecule has 0 aromatic rings. The molecule has 0 amide bonds. The zero-order chi connectivity index (χ0) is 59.2. The van der Waals surface area contributed by atoms with Crippen molar-refractivity contribution < 1.29 is 28.6 Å². The van der Waals surface area contributed by atoms with Gasteiger partial charge in [-0.25, -0.2) is 0 Å². The van der Waals surface area contributed by atoms with Crippen LogP contribution < -0.4 is 0 Å². The smallest absolute Gasteiger partial charge is 0.306 e. The first kappa shape index (κ1) is 78.3. The Labute approximate surface area is 508 Å². The van der Waals surface area contributed by atoms with Gasteiger partial charge in [-0.3, -0.25) is 14.4 Å². The van der Waals surface area contributed by atoms with Crippen LogP contribution in [-0.2, 0) is 28.6 Å². The molecule has 0 aromatic heterocycles. The third kappa shape index (κ3) is 67.1. The van der Waals surface area contributed by atoms with Crippen molar-refractivity contribution in [2.75, 3.05) is 13.2 Å². The number of allylic oxidation sites excluding steroid dienone is 16. The highest BCUT2D eigenvalue weighted by Crippen LogP contribution is 2.17. The largest absolute Gasteiger partial charge is 0.462 e. The van der Waals surface area contributed by atoms with Crippen LogP contribution >= 0.6 is 0 Å². The number of hydrogen-bond donors (Lipinski definition) is 0. The normalized spacial score (nSPS) is 12.7. The Morgan fingerprint density at radius 3 is 0.756 bits per heavy atom. The minimum absolute atomic E-state index is 0.0869. The van der Waals surface area contributed by atoms with Crippen LogP contribution in [-0.4, -0.2) is 37.2 Å². The Balaban J connectivity index is 4.42. The van der Waals surface area contributed by atoms with E-state index in [-0.39, 0.29) is 31.1 Å². The zero-order valence-electron chi connectivity index (χ0n) is 54.2. The Bertz CT molecular complexity index is 1590. The predicted molar refractivity (Wildman–Crippen MR) is 357 cm³/mol. The fourth-order valence-electron chi connectivity index (χ4n) is 10.0. The maximum absolute atomic E-state index is 13.0. The summed E-state index contributed by atoms with van der Waals surface area (Å²) in [4.78, 5) is 38.5. The first-order chi connectivity index (χ1) is 40.5. The van der Waals surface area contributed by atoms with Gasteiger partial charge in [0.15, 0.2) is 6.10 Å². The molecule has 0 bridgehead atoms. The van der Waals surface area contributed by atoms with Crippen LogP contribution in [0, 0.1) is 0 Å². The molecule has 0 radical (unpaired) electrons. The van der Waals surface area contributed by atoms with Gasteiger partial charge in [-0.1, -0.05) is 304 Å². The van der Waals surface area contributed by atoms with Gasteiger partial charge in [0.25, 0.3) is 0 Å². The highest BCUT2D eigenvalue weighted by molar-refractivity contribution is 5.71. The van der Waals surface area contributed by atoms with Crippen LogP contribution in [0.4, 0.5) is 0 Å². The van der Waals surface area contributed by atoms with Crippen LogP contribution in [0.3, 0.4) is 0 Å². The van der Waals surface area contributed by atoms with E-state index in [0.717, 1.165) is 109 Å². The fourth-order valence-corrected chi connectivity index (χ4v) is 10.0. The second-order valence-corrected chi connectivity index (χ2v) is 23.4. The van der Waals surface area contributed by atoms with Crippen molar-refractivity contribution in [3.63, 3.8) is 0 Å². The van der Waals surface area contributed by atoms with Crippen LogP contribution in [0.1, 0.15) is 348 Å². The molecule has 82 heavy (non-hydrogen) atoms. The second kappa shape index (κ2) is 69.8. The number of carbonyl (C=O) groups excluding carboxylic acids is 3. The van der Waals surface area contributed by atoms with Crippen molar-refractivity contribution in [3.8, 4) is 0 Å². The average Bonchev–Trinajstić information content (AvgIpc) is 3.47. The summed E-state index contributed by atoms with van der Waals surface area (Å²) in [6, 6.07) is 0. The maximum Gasteiger partial charge on any atom is 0.306 e. The van der Waals surface area contributed by atoms with Gasteiger partial charge in [0.2, 0.25) is 0 Å². The lowest BCUT2D eigenvalue weighted by molar-refractivity contribution is -0.167. The standard InChI is InChI=1S/C76H132O6/c1-4-7-10-13-16-19-22-25-28-31-34-36-38-40-42-45-48-51-54-57-60-63-66-69-75(78)81-72-73(71-80-74(77)68-65-62-59-56-53-50-47-44-33-30-27-24-21-18-15-12-9-6-3)82-76(79)70-67-64-61-58-55-52-49-46-43-41-39-37-35-32-29-26-23-20-17-14-11-8-5-2/h7,10,16,19,25,28,30,32-36,40,42,48,51,73H,4-6,8-9,11-15,17-18,20-24,26-27,29,31,37-39,41,43-47,49-50,52-72H2,1-3H3/b10-7-,19-16-,28-25-,33-30-,35-32-,36-34-,42-40-,51-48-. The number of esters is 3. The number of unbranched alkanes of at least 4 members (excludes halogenated alkanes) is 37. The molecule has 472 valence electrons. The topological polar surface area (TPSA) is 78.9 Å². The van der Waals surface area contributed by atoms with Crippen LogP contribution in [0.2, 0.25) is 0 Å². The summed E-state index contributed by atoms with van der Waals surface area (Å²) in [5.41, 5.74) is 0. The molecule has 0 aliphatic heterocycles. The molecule has 6 heteroatoms. The third-order valence-corrected chi connectivity index (χ3v) is 15.3. The van der Waals surface area contributed by atoms with Crippen LogP contribution in [0.25, 0.3) is 0 Å². The molecule has 1 atom stereocenters. The summed E-state index contributed by atoms with van der Waals surface area (Å²) >= 11 is 0. The molecule has 0 saturated heterocycles. The van der Waals surface area contributed by atoms with Gasteiger partial charge in [-0.05, 0) is 122 Å². The number of carbonyl (C=O) groups is 3. The average molecular weight is 1140 g/mol. The molecule has 0 heterocycles. The molecule has 0 aromatic carbocycles. The van der Waals surface area contributed by atoms with Gasteiger partial charge in [0.05, 0.1) is 0 Å². The molecule has 0 saturated carbocycles. The number of rotatable bonds is 64. The van der Waals surface area contributed by atoms with Gasteiger partial charge in [-0.2, -0.15) is 0 Å². The summed E-state index contributed by atoms with van der Waals surface area (Å²) in [7, 11) is 0. The summed E-state index contributed by atoms with van der Waals surface area (Å²) in [6.07, 6.45) is 94.2. The molecule has 6 nitrogen and oxygen atoms in total. The van der Waals surface area contributed by atoms with E-state index in [2.05, 4.69) is 118 Å². The second-order valence-electron chi connectivity index (χ2n) is 23.4. The quantitative estimate of drug-likeness (QED) is 0.0261. The fraction of sp³-hybridized carbons (Fsp3) is 0.750. The summed E-state index contributed by atoms with van der Waals surface area (Å²) < 4.78 is 17.0. The first-order valence-electron chi connectivity index (χ1n) is 35.2. The number of hydrogen-bond acceptors (Lipinski definition) is 6. The zero-order valence-corrected chi connectivity index (χ0v) is 54.2. The highest BCUT2D eigenvalue weighted by Gasteiger charge is 2.19. The molecule has 0 aliphatic rings. The minimum atomic E-state index is -0.794. The summed E-state index contributed by atoms with van der Waals surface area (Å²) in [5.74, 6) is -0.902. The van der Waals surface area contributed by atoms with Gasteiger partial charge in [0.1, 0.15) is 13.2 Å². The van der Waals surface area contributed by atoms with E-state index in [1.165, 1.54) is 199 Å². The van der Waals surface area contributed by atoms with E-state index in [1.807, 2.05) is 0 Å². The monoisotopic (exact) mass is 1140 g/mol. The molecule has 0 fully saturated rings. The van der Waals surface area contributed by atoms with Crippen LogP contribution in [0.15, 0.2) is 97.2 Å². The van der Waals surface area contributed by atoms with E-state index >= 15 is 0 Å². The lowest BCUT2D eigenvalue weighted by Crippen LogP contribution is -2.30. The van der Waals surface area contributed by atoms with E-state index in [0.29, 0.717) is 19.3 Å². The molecular weight excluding hydrogens is 1010 g/mol. The van der Waals surface area contributed by atoms with Gasteiger partial charge < -0.3 is 14.2 Å². The highest BCUT2D eigenvalue weighted by atomic mass is 16.6.